The zero-order chi connectivity index (χ0) is 16.8. The molecule has 128 valence electrons. The van der Waals surface area contributed by atoms with Crippen molar-refractivity contribution < 1.29 is 9.53 Å². The number of nitrogens with zero attached hydrogens (tertiary/aromatic N) is 4. The second-order valence-electron chi connectivity index (χ2n) is 6.19. The molecule has 6 heteroatoms. The van der Waals surface area contributed by atoms with Gasteiger partial charge in [-0.25, -0.2) is 9.67 Å². The number of aromatic nitrogens is 3. The summed E-state index contributed by atoms with van der Waals surface area (Å²) in [5, 5.41) is 4.39. The average Bonchev–Trinajstić information content (AvgIpc) is 3.10. The predicted octanol–water partition coefficient (Wildman–Crippen LogP) is 1.87. The number of benzene rings is 1. The molecule has 1 aromatic carbocycles. The van der Waals surface area contributed by atoms with Crippen LogP contribution in [0.4, 0.5) is 0 Å². The molecule has 0 radical (unpaired) electrons. The molecule has 2 heterocycles. The summed E-state index contributed by atoms with van der Waals surface area (Å²) >= 11 is 0. The molecule has 1 atom stereocenters. The summed E-state index contributed by atoms with van der Waals surface area (Å²) in [6, 6.07) is 10.4. The quantitative estimate of drug-likeness (QED) is 0.812. The molecule has 0 unspecified atom stereocenters. The number of carbonyl (C=O) groups excluding carboxylic acids is 1. The smallest absolute Gasteiger partial charge is 0.248 e. The number of hydrogen-bond donors (Lipinski definition) is 0. The number of piperidine rings is 1. The highest BCUT2D eigenvalue weighted by Crippen LogP contribution is 2.25. The molecule has 0 bridgehead atoms. The van der Waals surface area contributed by atoms with Crippen LogP contribution in [0.2, 0.25) is 0 Å². The van der Waals surface area contributed by atoms with E-state index >= 15 is 0 Å². The minimum absolute atomic E-state index is 0.0533. The monoisotopic (exact) mass is 328 g/mol. The molecule has 0 aliphatic carbocycles. The molecule has 1 aliphatic heterocycles. The van der Waals surface area contributed by atoms with E-state index < -0.39 is 0 Å². The Morgan fingerprint density at radius 2 is 2.17 bits per heavy atom. The summed E-state index contributed by atoms with van der Waals surface area (Å²) < 4.78 is 6.96. The van der Waals surface area contributed by atoms with Crippen LogP contribution in [-0.2, 0) is 22.5 Å². The molecule has 0 N–H and O–H groups in total. The molecule has 0 spiro atoms. The fourth-order valence-corrected chi connectivity index (χ4v) is 3.27. The first kappa shape index (κ1) is 16.6. The van der Waals surface area contributed by atoms with Gasteiger partial charge in [0.25, 0.3) is 0 Å². The van der Waals surface area contributed by atoms with Gasteiger partial charge in [-0.05, 0) is 24.8 Å². The van der Waals surface area contributed by atoms with Crippen molar-refractivity contribution in [2.45, 2.75) is 31.7 Å². The van der Waals surface area contributed by atoms with E-state index in [2.05, 4.69) is 34.3 Å². The highest BCUT2D eigenvalue weighted by atomic mass is 16.5. The summed E-state index contributed by atoms with van der Waals surface area (Å²) in [6.07, 6.45) is 4.58. The van der Waals surface area contributed by atoms with Crippen LogP contribution >= 0.6 is 0 Å². The number of ether oxygens (including phenoxy) is 1. The van der Waals surface area contributed by atoms with Gasteiger partial charge in [-0.3, -0.25) is 4.79 Å². The average molecular weight is 328 g/mol. The number of carbonyl (C=O) groups is 1. The van der Waals surface area contributed by atoms with Crippen molar-refractivity contribution in [3.8, 4) is 0 Å². The van der Waals surface area contributed by atoms with Crippen LogP contribution in [-0.4, -0.2) is 52.4 Å². The summed E-state index contributed by atoms with van der Waals surface area (Å²) in [7, 11) is 1.56. The molecule has 1 saturated heterocycles. The van der Waals surface area contributed by atoms with Gasteiger partial charge >= 0.3 is 0 Å². The Labute approximate surface area is 142 Å². The Morgan fingerprint density at radius 3 is 2.96 bits per heavy atom. The second kappa shape index (κ2) is 8.06. The van der Waals surface area contributed by atoms with Crippen molar-refractivity contribution in [1.29, 1.82) is 0 Å². The van der Waals surface area contributed by atoms with Gasteiger partial charge in [0.1, 0.15) is 18.8 Å². The topological polar surface area (TPSA) is 60.2 Å². The zero-order valence-corrected chi connectivity index (χ0v) is 14.1. The third-order valence-corrected chi connectivity index (χ3v) is 4.51. The lowest BCUT2D eigenvalue weighted by Gasteiger charge is -2.32. The molecule has 1 amide bonds. The normalized spacial score (nSPS) is 17.9. The van der Waals surface area contributed by atoms with Gasteiger partial charge in [-0.2, -0.15) is 5.10 Å². The number of hydrogen-bond acceptors (Lipinski definition) is 4. The van der Waals surface area contributed by atoms with Crippen molar-refractivity contribution >= 4 is 5.91 Å². The number of methoxy groups -OCH3 is 1. The van der Waals surface area contributed by atoms with E-state index in [0.29, 0.717) is 6.54 Å². The van der Waals surface area contributed by atoms with Gasteiger partial charge < -0.3 is 9.64 Å². The van der Waals surface area contributed by atoms with E-state index in [9.17, 15) is 4.79 Å². The van der Waals surface area contributed by atoms with E-state index in [0.717, 1.165) is 38.2 Å². The molecule has 1 aliphatic rings. The molecule has 0 saturated carbocycles. The molecular formula is C18H24N4O2. The summed E-state index contributed by atoms with van der Waals surface area (Å²) in [4.78, 5) is 18.4. The number of aryl methyl sites for hydroxylation is 2. The highest BCUT2D eigenvalue weighted by Gasteiger charge is 2.27. The van der Waals surface area contributed by atoms with E-state index in [1.807, 2.05) is 15.6 Å². The maximum atomic E-state index is 12.1. The summed E-state index contributed by atoms with van der Waals surface area (Å²) in [5.74, 6) is 1.29. The van der Waals surface area contributed by atoms with Crippen LogP contribution < -0.4 is 0 Å². The Hall–Kier alpha value is -2.21. The van der Waals surface area contributed by atoms with Crippen LogP contribution in [0.5, 0.6) is 0 Å². The Kier molecular flexibility index (Phi) is 5.59. The van der Waals surface area contributed by atoms with Gasteiger partial charge in [0.15, 0.2) is 0 Å². The van der Waals surface area contributed by atoms with Crippen LogP contribution in [0.1, 0.15) is 30.1 Å². The van der Waals surface area contributed by atoms with Gasteiger partial charge in [0.05, 0.1) is 0 Å². The number of amides is 1. The number of likely N-dealkylation sites (tertiary alicyclic amines) is 1. The van der Waals surface area contributed by atoms with Crippen molar-refractivity contribution in [1.82, 2.24) is 19.7 Å². The SMILES string of the molecule is COCC(=O)N1CCC[C@H](c2ncnn2CCc2ccccc2)C1. The first-order valence-corrected chi connectivity index (χ1v) is 8.46. The van der Waals surface area contributed by atoms with Crippen LogP contribution in [0.15, 0.2) is 36.7 Å². The zero-order valence-electron chi connectivity index (χ0n) is 14.1. The van der Waals surface area contributed by atoms with Crippen molar-refractivity contribution in [2.75, 3.05) is 26.8 Å². The van der Waals surface area contributed by atoms with Gasteiger partial charge in [-0.1, -0.05) is 30.3 Å². The maximum Gasteiger partial charge on any atom is 0.248 e. The summed E-state index contributed by atoms with van der Waals surface area (Å²) in [5.41, 5.74) is 1.29. The minimum atomic E-state index is 0.0533. The van der Waals surface area contributed by atoms with E-state index in [1.165, 1.54) is 5.56 Å². The Balaban J connectivity index is 1.64. The van der Waals surface area contributed by atoms with Gasteiger partial charge in [0.2, 0.25) is 5.91 Å². The van der Waals surface area contributed by atoms with Crippen molar-refractivity contribution in [2.24, 2.45) is 0 Å². The first-order valence-electron chi connectivity index (χ1n) is 8.46. The molecule has 3 rings (SSSR count). The van der Waals surface area contributed by atoms with E-state index in [-0.39, 0.29) is 18.4 Å². The third kappa shape index (κ3) is 4.00. The molecule has 2 aromatic rings. The lowest BCUT2D eigenvalue weighted by molar-refractivity contribution is -0.136. The largest absolute Gasteiger partial charge is 0.375 e. The van der Waals surface area contributed by atoms with E-state index in [1.54, 1.807) is 13.4 Å². The standard InChI is InChI=1S/C18H24N4O2/c1-24-13-17(23)21-10-5-8-16(12-21)18-19-14-20-22(18)11-9-15-6-3-2-4-7-15/h2-4,6-7,14,16H,5,8-13H2,1H3/t16-/m0/s1. The first-order chi connectivity index (χ1) is 11.8. The number of rotatable bonds is 6. The molecule has 6 nitrogen and oxygen atoms in total. The fraction of sp³-hybridized carbons (Fsp3) is 0.500. The van der Waals surface area contributed by atoms with E-state index in [4.69, 9.17) is 4.74 Å². The fourth-order valence-electron chi connectivity index (χ4n) is 3.27. The summed E-state index contributed by atoms with van der Waals surface area (Å²) in [6.45, 7) is 2.46. The van der Waals surface area contributed by atoms with Crippen molar-refractivity contribution in [3.63, 3.8) is 0 Å². The molecule has 1 aromatic heterocycles. The Morgan fingerprint density at radius 1 is 1.33 bits per heavy atom. The maximum absolute atomic E-state index is 12.1. The van der Waals surface area contributed by atoms with Gasteiger partial charge in [0, 0.05) is 32.7 Å². The second-order valence-corrected chi connectivity index (χ2v) is 6.19. The predicted molar refractivity (Wildman–Crippen MR) is 90.6 cm³/mol. The van der Waals surface area contributed by atoms with Crippen LogP contribution in [0.3, 0.4) is 0 Å². The Bertz CT molecular complexity index is 656. The van der Waals surface area contributed by atoms with Gasteiger partial charge in [-0.15, -0.1) is 0 Å². The van der Waals surface area contributed by atoms with Crippen LogP contribution in [0, 0.1) is 0 Å². The molecule has 1 fully saturated rings. The van der Waals surface area contributed by atoms with Crippen LogP contribution in [0.25, 0.3) is 0 Å². The third-order valence-electron chi connectivity index (χ3n) is 4.51. The lowest BCUT2D eigenvalue weighted by atomic mass is 9.97. The van der Waals surface area contributed by atoms with Crippen molar-refractivity contribution in [3.05, 3.63) is 48.0 Å². The molecular weight excluding hydrogens is 304 g/mol. The lowest BCUT2D eigenvalue weighted by Crippen LogP contribution is -2.41. The highest BCUT2D eigenvalue weighted by molar-refractivity contribution is 5.77. The molecule has 24 heavy (non-hydrogen) atoms. The minimum Gasteiger partial charge on any atom is -0.375 e.